The van der Waals surface area contributed by atoms with Gasteiger partial charge >= 0.3 is 12.0 Å². The average Bonchev–Trinajstić information content (AvgIpc) is 2.84. The van der Waals surface area contributed by atoms with Crippen molar-refractivity contribution in [2.75, 3.05) is 6.54 Å². The average molecular weight is 286 g/mol. The number of hydrogen-bond acceptors (Lipinski definition) is 4. The Balaban J connectivity index is 2.19. The number of hydrogen-bond donors (Lipinski definition) is 4. The van der Waals surface area contributed by atoms with Crippen LogP contribution in [0.1, 0.15) is 23.1 Å². The van der Waals surface area contributed by atoms with Crippen LogP contribution in [-0.4, -0.2) is 34.9 Å². The lowest BCUT2D eigenvalue weighted by Gasteiger charge is -2.08. The van der Waals surface area contributed by atoms with Crippen LogP contribution in [0.4, 0.5) is 4.79 Å². The number of carboxylic acid groups (broad SMARTS) is 1. The molecule has 19 heavy (non-hydrogen) atoms. The van der Waals surface area contributed by atoms with Gasteiger partial charge in [-0.25, -0.2) is 9.59 Å². The molecule has 0 unspecified atom stereocenters. The molecule has 0 aliphatic carbocycles. The van der Waals surface area contributed by atoms with Gasteiger partial charge < -0.3 is 20.8 Å². The Morgan fingerprint density at radius 1 is 1.32 bits per heavy atom. The molecule has 0 radical (unpaired) electrons. The van der Waals surface area contributed by atoms with Gasteiger partial charge in [0.05, 0.1) is 6.54 Å². The highest BCUT2D eigenvalue weighted by molar-refractivity contribution is 7.11. The minimum atomic E-state index is -1.44. The summed E-state index contributed by atoms with van der Waals surface area (Å²) < 4.78 is 0. The fourth-order valence-electron chi connectivity index (χ4n) is 1.38. The number of thiophene rings is 1. The van der Waals surface area contributed by atoms with Crippen LogP contribution in [0.2, 0.25) is 0 Å². The molecule has 4 N–H and O–H groups in total. The van der Waals surface area contributed by atoms with Crippen molar-refractivity contribution in [2.45, 2.75) is 32.4 Å². The third-order valence-electron chi connectivity index (χ3n) is 2.48. The van der Waals surface area contributed by atoms with Crippen LogP contribution in [0.3, 0.4) is 0 Å². The van der Waals surface area contributed by atoms with Gasteiger partial charge in [0.1, 0.15) is 0 Å². The molecule has 0 fully saturated rings. The summed E-state index contributed by atoms with van der Waals surface area (Å²) in [6.45, 7) is 2.63. The molecule has 0 saturated heterocycles. The molecule has 1 heterocycles. The lowest BCUT2D eigenvalue weighted by atomic mass is 10.2. The van der Waals surface area contributed by atoms with Gasteiger partial charge in [0.15, 0.2) is 6.10 Å². The minimum Gasteiger partial charge on any atom is -0.479 e. The zero-order valence-corrected chi connectivity index (χ0v) is 11.5. The summed E-state index contributed by atoms with van der Waals surface area (Å²) >= 11 is 1.65. The molecule has 0 aliphatic heterocycles. The van der Waals surface area contributed by atoms with Crippen LogP contribution >= 0.6 is 11.3 Å². The van der Waals surface area contributed by atoms with Gasteiger partial charge in [0.25, 0.3) is 0 Å². The van der Waals surface area contributed by atoms with Gasteiger partial charge in [-0.05, 0) is 18.6 Å². The number of urea groups is 1. The van der Waals surface area contributed by atoms with Crippen molar-refractivity contribution in [1.29, 1.82) is 0 Å². The first-order valence-electron chi connectivity index (χ1n) is 6.03. The van der Waals surface area contributed by atoms with Crippen LogP contribution in [0.15, 0.2) is 12.1 Å². The van der Waals surface area contributed by atoms with E-state index < -0.39 is 12.1 Å². The van der Waals surface area contributed by atoms with Gasteiger partial charge in [-0.2, -0.15) is 0 Å². The number of carboxylic acids is 1. The molecule has 1 rings (SSSR count). The Morgan fingerprint density at radius 3 is 2.58 bits per heavy atom. The van der Waals surface area contributed by atoms with E-state index in [2.05, 4.69) is 17.6 Å². The third-order valence-corrected chi connectivity index (χ3v) is 3.71. The largest absolute Gasteiger partial charge is 0.479 e. The van der Waals surface area contributed by atoms with E-state index >= 15 is 0 Å². The molecule has 1 atom stereocenters. The fraction of sp³-hybridized carbons (Fsp3) is 0.500. The van der Waals surface area contributed by atoms with Crippen molar-refractivity contribution in [3.8, 4) is 0 Å². The number of aliphatic hydroxyl groups is 1. The van der Waals surface area contributed by atoms with Crippen molar-refractivity contribution in [3.63, 3.8) is 0 Å². The summed E-state index contributed by atoms with van der Waals surface area (Å²) in [6, 6.07) is 3.63. The molecule has 0 saturated carbocycles. The first kappa shape index (κ1) is 15.5. The Hall–Kier alpha value is -1.60. The highest BCUT2D eigenvalue weighted by Gasteiger charge is 2.12. The minimum absolute atomic E-state index is 0.0122. The zero-order chi connectivity index (χ0) is 14.3. The molecule has 106 valence electrons. The van der Waals surface area contributed by atoms with Gasteiger partial charge in [-0.3, -0.25) is 0 Å². The van der Waals surface area contributed by atoms with Crippen LogP contribution in [0, 0.1) is 0 Å². The van der Waals surface area contributed by atoms with Gasteiger partial charge in [-0.15, -0.1) is 11.3 Å². The number of carbonyl (C=O) groups excluding carboxylic acids is 1. The molecule has 6 nitrogen and oxygen atoms in total. The molecule has 1 aromatic heterocycles. The SMILES string of the molecule is CCc1ccc(CNC(=O)NCC[C@H](O)C(=O)O)s1. The third kappa shape index (κ3) is 5.71. The van der Waals surface area contributed by atoms with E-state index in [1.54, 1.807) is 11.3 Å². The lowest BCUT2D eigenvalue weighted by Crippen LogP contribution is -2.37. The molecular weight excluding hydrogens is 268 g/mol. The van der Waals surface area contributed by atoms with Crippen molar-refractivity contribution in [2.24, 2.45) is 0 Å². The lowest BCUT2D eigenvalue weighted by molar-refractivity contribution is -0.146. The Labute approximate surface area is 115 Å². The summed E-state index contributed by atoms with van der Waals surface area (Å²) in [5.41, 5.74) is 0. The van der Waals surface area contributed by atoms with E-state index in [0.29, 0.717) is 6.54 Å². The zero-order valence-electron chi connectivity index (χ0n) is 10.7. The smallest absolute Gasteiger partial charge is 0.332 e. The Bertz CT molecular complexity index is 433. The van der Waals surface area contributed by atoms with Gasteiger partial charge in [0, 0.05) is 22.7 Å². The van der Waals surface area contributed by atoms with Crippen molar-refractivity contribution >= 4 is 23.3 Å². The maximum atomic E-state index is 11.4. The number of aliphatic carboxylic acids is 1. The summed E-state index contributed by atoms with van der Waals surface area (Å²) in [4.78, 5) is 24.1. The van der Waals surface area contributed by atoms with Gasteiger partial charge in [0.2, 0.25) is 0 Å². The van der Waals surface area contributed by atoms with Crippen molar-refractivity contribution < 1.29 is 19.8 Å². The summed E-state index contributed by atoms with van der Waals surface area (Å²) in [5, 5.41) is 22.6. The summed E-state index contributed by atoms with van der Waals surface area (Å²) in [6.07, 6.45) is -0.476. The van der Waals surface area contributed by atoms with E-state index in [1.165, 1.54) is 4.88 Å². The number of aryl methyl sites for hydroxylation is 1. The highest BCUT2D eigenvalue weighted by atomic mass is 32.1. The van der Waals surface area contributed by atoms with Crippen LogP contribution in [0.5, 0.6) is 0 Å². The van der Waals surface area contributed by atoms with Crippen LogP contribution < -0.4 is 10.6 Å². The number of nitrogens with one attached hydrogen (secondary N) is 2. The van der Waals surface area contributed by atoms with Crippen LogP contribution in [0.25, 0.3) is 0 Å². The molecule has 7 heteroatoms. The van der Waals surface area contributed by atoms with E-state index in [4.69, 9.17) is 10.2 Å². The monoisotopic (exact) mass is 286 g/mol. The van der Waals surface area contributed by atoms with Gasteiger partial charge in [-0.1, -0.05) is 6.92 Å². The van der Waals surface area contributed by atoms with E-state index in [1.807, 2.05) is 12.1 Å². The predicted molar refractivity (Wildman–Crippen MR) is 72.2 cm³/mol. The second-order valence-corrected chi connectivity index (χ2v) is 5.23. The topological polar surface area (TPSA) is 98.7 Å². The van der Waals surface area contributed by atoms with E-state index in [-0.39, 0.29) is 19.0 Å². The highest BCUT2D eigenvalue weighted by Crippen LogP contribution is 2.16. The number of aliphatic hydroxyl groups excluding tert-OH is 1. The second-order valence-electron chi connectivity index (χ2n) is 3.97. The van der Waals surface area contributed by atoms with Crippen LogP contribution in [-0.2, 0) is 17.8 Å². The number of rotatable bonds is 7. The summed E-state index contributed by atoms with van der Waals surface area (Å²) in [5.74, 6) is -1.28. The first-order valence-corrected chi connectivity index (χ1v) is 6.84. The molecule has 2 amide bonds. The molecular formula is C12H18N2O4S. The first-order chi connectivity index (χ1) is 9.02. The standard InChI is InChI=1S/C12H18N2O4S/c1-2-8-3-4-9(19-8)7-14-12(18)13-6-5-10(15)11(16)17/h3-4,10,15H,2,5-7H2,1H3,(H,16,17)(H2,13,14,18)/t10-/m0/s1. The predicted octanol–water partition coefficient (Wildman–Crippen LogP) is 0.945. The Kier molecular flexibility index (Phi) is 6.31. The molecule has 0 spiro atoms. The van der Waals surface area contributed by atoms with E-state index in [0.717, 1.165) is 11.3 Å². The fourth-order valence-corrected chi connectivity index (χ4v) is 2.28. The normalized spacial score (nSPS) is 11.9. The maximum absolute atomic E-state index is 11.4. The van der Waals surface area contributed by atoms with Crippen molar-refractivity contribution in [1.82, 2.24) is 10.6 Å². The van der Waals surface area contributed by atoms with E-state index in [9.17, 15) is 9.59 Å². The summed E-state index contributed by atoms with van der Waals surface area (Å²) in [7, 11) is 0. The molecule has 0 aliphatic rings. The molecule has 0 bridgehead atoms. The van der Waals surface area contributed by atoms with Crippen molar-refractivity contribution in [3.05, 3.63) is 21.9 Å². The second kappa shape index (κ2) is 7.75. The molecule has 1 aromatic rings. The molecule has 0 aromatic carbocycles. The number of amides is 2. The quantitative estimate of drug-likeness (QED) is 0.599. The number of carbonyl (C=O) groups is 2. The Morgan fingerprint density at radius 2 is 2.00 bits per heavy atom. The maximum Gasteiger partial charge on any atom is 0.332 e.